The third-order valence-corrected chi connectivity index (χ3v) is 5.42. The van der Waals surface area contributed by atoms with Gasteiger partial charge in [0, 0.05) is 38.1 Å². The summed E-state index contributed by atoms with van der Waals surface area (Å²) in [6, 6.07) is 0.982. The molecule has 1 aromatic rings. The van der Waals surface area contributed by atoms with E-state index in [1.54, 1.807) is 19.3 Å². The number of amides is 1. The Morgan fingerprint density at radius 3 is 2.32 bits per heavy atom. The minimum Gasteiger partial charge on any atom is -0.376 e. The zero-order valence-electron chi connectivity index (χ0n) is 18.1. The number of halogens is 6. The van der Waals surface area contributed by atoms with E-state index < -0.39 is 41.6 Å². The van der Waals surface area contributed by atoms with Crippen molar-refractivity contribution in [3.05, 3.63) is 53.0 Å². The Labute approximate surface area is 191 Å². The number of carbonyl (C=O) groups is 1. The van der Waals surface area contributed by atoms with E-state index >= 15 is 0 Å². The molecule has 2 aliphatic heterocycles. The molecule has 0 radical (unpaired) electrons. The fraction of sp³-hybridized carbons (Fsp3) is 0.429. The fourth-order valence-electron chi connectivity index (χ4n) is 3.73. The van der Waals surface area contributed by atoms with E-state index in [0.717, 1.165) is 6.42 Å². The highest BCUT2D eigenvalue weighted by Crippen LogP contribution is 2.37. The Kier molecular flexibility index (Phi) is 7.32. The van der Waals surface area contributed by atoms with Crippen molar-refractivity contribution in [3.63, 3.8) is 0 Å². The number of benzene rings is 1. The van der Waals surface area contributed by atoms with Gasteiger partial charge in [0.05, 0.1) is 23.2 Å². The average molecular weight is 490 g/mol. The summed E-state index contributed by atoms with van der Waals surface area (Å²) in [5, 5.41) is 19.3. The van der Waals surface area contributed by atoms with E-state index in [2.05, 4.69) is 21.3 Å². The summed E-state index contributed by atoms with van der Waals surface area (Å²) in [4.78, 5) is 14.2. The molecule has 13 heteroatoms. The molecule has 0 aromatic heterocycles. The maximum atomic E-state index is 13.0. The van der Waals surface area contributed by atoms with Crippen molar-refractivity contribution in [2.45, 2.75) is 31.2 Å². The van der Waals surface area contributed by atoms with E-state index in [-0.39, 0.29) is 17.9 Å². The number of likely N-dealkylation sites (tertiary alicyclic amines) is 1. The molecule has 0 aliphatic carbocycles. The van der Waals surface area contributed by atoms with E-state index in [9.17, 15) is 31.1 Å². The topological polar surface area (TPSA) is 92.3 Å². The number of nitrogens with one attached hydrogen (secondary N) is 5. The molecule has 34 heavy (non-hydrogen) atoms. The fourth-order valence-corrected chi connectivity index (χ4v) is 3.73. The van der Waals surface area contributed by atoms with Gasteiger partial charge in [0.1, 0.15) is 11.7 Å². The van der Waals surface area contributed by atoms with Crippen LogP contribution in [0.1, 0.15) is 24.0 Å². The first-order chi connectivity index (χ1) is 15.9. The smallest absolute Gasteiger partial charge is 0.376 e. The maximum absolute atomic E-state index is 13.0. The van der Waals surface area contributed by atoms with Crippen LogP contribution in [0.2, 0.25) is 0 Å². The Morgan fingerprint density at radius 2 is 1.79 bits per heavy atom. The summed E-state index contributed by atoms with van der Waals surface area (Å²) < 4.78 is 78.2. The predicted molar refractivity (Wildman–Crippen MR) is 114 cm³/mol. The number of alkyl halides is 6. The van der Waals surface area contributed by atoms with Crippen LogP contribution < -0.4 is 21.3 Å². The van der Waals surface area contributed by atoms with Crippen molar-refractivity contribution in [1.82, 2.24) is 20.9 Å². The Morgan fingerprint density at radius 1 is 1.15 bits per heavy atom. The molecule has 1 fully saturated rings. The molecule has 0 bridgehead atoms. The summed E-state index contributed by atoms with van der Waals surface area (Å²) in [5.41, 5.74) is -2.72. The van der Waals surface area contributed by atoms with Crippen molar-refractivity contribution in [3.8, 4) is 0 Å². The second-order valence-electron chi connectivity index (χ2n) is 7.86. The lowest BCUT2D eigenvalue weighted by Crippen LogP contribution is -2.50. The van der Waals surface area contributed by atoms with Gasteiger partial charge in [-0.2, -0.15) is 26.3 Å². The van der Waals surface area contributed by atoms with E-state index in [1.165, 1.54) is 4.90 Å². The molecular formula is C21H24F6N6O. The Balaban J connectivity index is 1.66. The molecule has 0 saturated carbocycles. The van der Waals surface area contributed by atoms with Crippen molar-refractivity contribution in [2.75, 3.05) is 32.0 Å². The Hall–Kier alpha value is -3.38. The molecule has 1 aromatic carbocycles. The van der Waals surface area contributed by atoms with Crippen LogP contribution in [0.3, 0.4) is 0 Å². The molecular weight excluding hydrogens is 466 g/mol. The molecule has 3 rings (SSSR count). The van der Waals surface area contributed by atoms with Crippen LogP contribution in [0.5, 0.6) is 0 Å². The lowest BCUT2D eigenvalue weighted by molar-refractivity contribution is -0.143. The number of nitrogens with zero attached hydrogens (tertiary/aromatic N) is 1. The van der Waals surface area contributed by atoms with Gasteiger partial charge in [0.15, 0.2) is 0 Å². The second kappa shape index (κ2) is 9.85. The van der Waals surface area contributed by atoms with Gasteiger partial charge in [-0.25, -0.2) is 0 Å². The molecule has 0 unspecified atom stereocenters. The highest BCUT2D eigenvalue weighted by atomic mass is 19.4. The predicted octanol–water partition coefficient (Wildman–Crippen LogP) is 3.24. The normalized spacial score (nSPS) is 20.1. The van der Waals surface area contributed by atoms with Crippen LogP contribution in [0, 0.1) is 5.41 Å². The zero-order valence-corrected chi connectivity index (χ0v) is 18.1. The molecule has 186 valence electrons. The van der Waals surface area contributed by atoms with Crippen LogP contribution >= 0.6 is 0 Å². The van der Waals surface area contributed by atoms with E-state index in [1.807, 2.05) is 0 Å². The van der Waals surface area contributed by atoms with Gasteiger partial charge in [0.2, 0.25) is 5.91 Å². The average Bonchev–Trinajstić information content (AvgIpc) is 3.20. The highest BCUT2D eigenvalue weighted by molar-refractivity contribution is 6.02. The molecule has 0 spiro atoms. The highest BCUT2D eigenvalue weighted by Gasteiger charge is 2.37. The lowest BCUT2D eigenvalue weighted by Gasteiger charge is -2.34. The lowest BCUT2D eigenvalue weighted by atomic mass is 10.0. The monoisotopic (exact) mass is 490 g/mol. The van der Waals surface area contributed by atoms with Crippen molar-refractivity contribution in [2.24, 2.45) is 0 Å². The minimum absolute atomic E-state index is 0.0382. The van der Waals surface area contributed by atoms with Crippen molar-refractivity contribution in [1.29, 1.82) is 5.41 Å². The van der Waals surface area contributed by atoms with Crippen LogP contribution in [-0.4, -0.2) is 49.4 Å². The number of amidine groups is 1. The van der Waals surface area contributed by atoms with E-state index in [0.29, 0.717) is 43.0 Å². The van der Waals surface area contributed by atoms with Gasteiger partial charge in [-0.15, -0.1) is 0 Å². The number of rotatable bonds is 6. The summed E-state index contributed by atoms with van der Waals surface area (Å²) >= 11 is 0. The molecule has 1 atom stereocenters. The molecule has 2 aliphatic rings. The van der Waals surface area contributed by atoms with Crippen molar-refractivity contribution >= 4 is 17.4 Å². The maximum Gasteiger partial charge on any atom is 0.416 e. The molecule has 1 amide bonds. The number of piperidine rings is 1. The first kappa shape index (κ1) is 25.2. The van der Waals surface area contributed by atoms with Gasteiger partial charge >= 0.3 is 12.4 Å². The summed E-state index contributed by atoms with van der Waals surface area (Å²) in [6.45, 7) is 0.250. The molecule has 2 heterocycles. The largest absolute Gasteiger partial charge is 0.416 e. The van der Waals surface area contributed by atoms with Gasteiger partial charge < -0.3 is 26.2 Å². The van der Waals surface area contributed by atoms with Crippen molar-refractivity contribution < 1.29 is 31.1 Å². The first-order valence-corrected chi connectivity index (χ1v) is 10.4. The quantitative estimate of drug-likeness (QED) is 0.395. The Bertz CT molecular complexity index is 968. The minimum atomic E-state index is -4.96. The summed E-state index contributed by atoms with van der Waals surface area (Å²) in [6.07, 6.45) is -5.19. The zero-order chi connectivity index (χ0) is 25.1. The standard InChI is InChI=1S/C21H24F6N6O/c1-29-19(16-4-5-30-18(16)28)32-14-3-2-6-33(11-14)17(34)10-31-15-8-12(20(22,23)24)7-13(9-15)21(25,26)27/h4-5,7-9,14,29,31-32H,2-3,6,10-11H2,1H3,(H2,28,30)/b19-16+/t14-/m0/s1. The SMILES string of the molecule is CN/C(N[C@H]1CCCN(C(=O)CNc2cc(C(F)(F)F)cc(C(F)(F)F)c2)C1)=C1/C=CNC1=N. The second-order valence-corrected chi connectivity index (χ2v) is 7.86. The van der Waals surface area contributed by atoms with Crippen LogP contribution in [-0.2, 0) is 17.1 Å². The van der Waals surface area contributed by atoms with Crippen LogP contribution in [0.4, 0.5) is 32.0 Å². The third kappa shape index (κ3) is 6.14. The number of carbonyl (C=O) groups excluding carboxylic acids is 1. The third-order valence-electron chi connectivity index (χ3n) is 5.42. The van der Waals surface area contributed by atoms with Crippen LogP contribution in [0.15, 0.2) is 41.9 Å². The van der Waals surface area contributed by atoms with Gasteiger partial charge in [-0.3, -0.25) is 10.2 Å². The number of anilines is 1. The van der Waals surface area contributed by atoms with Gasteiger partial charge in [-0.05, 0) is 37.1 Å². The summed E-state index contributed by atoms with van der Waals surface area (Å²) in [7, 11) is 1.69. The number of hydrogen-bond acceptors (Lipinski definition) is 5. The summed E-state index contributed by atoms with van der Waals surface area (Å²) in [5.74, 6) is 0.364. The van der Waals surface area contributed by atoms with Crippen LogP contribution in [0.25, 0.3) is 0 Å². The van der Waals surface area contributed by atoms with Gasteiger partial charge in [0.25, 0.3) is 0 Å². The molecule has 5 N–H and O–H groups in total. The van der Waals surface area contributed by atoms with Gasteiger partial charge in [-0.1, -0.05) is 0 Å². The molecule has 7 nitrogen and oxygen atoms in total. The molecule has 1 saturated heterocycles. The van der Waals surface area contributed by atoms with E-state index in [4.69, 9.17) is 5.41 Å². The number of hydrogen-bond donors (Lipinski definition) is 5. The first-order valence-electron chi connectivity index (χ1n) is 10.4.